The van der Waals surface area contributed by atoms with Gasteiger partial charge in [-0.2, -0.15) is 0 Å². The van der Waals surface area contributed by atoms with Crippen LogP contribution in [0.1, 0.15) is 5.56 Å². The molecule has 0 fully saturated rings. The number of hydrogen-bond donors (Lipinski definition) is 1. The third-order valence-corrected chi connectivity index (χ3v) is 4.13. The molecule has 2 rings (SSSR count). The highest BCUT2D eigenvalue weighted by Crippen LogP contribution is 2.33. The Hall–Kier alpha value is -1.33. The maximum Gasteiger partial charge on any atom is 0.205 e. The average Bonchev–Trinajstić information content (AvgIpc) is 2.41. The molecule has 0 radical (unpaired) electrons. The first kappa shape index (κ1) is 10.2. The van der Waals surface area contributed by atoms with Crippen molar-refractivity contribution >= 4 is 21.6 Å². The molecule has 15 heavy (non-hydrogen) atoms. The molecule has 80 valence electrons. The summed E-state index contributed by atoms with van der Waals surface area (Å²) in [6.07, 6.45) is 1.62. The SMILES string of the molecule is COCC1=Cc2ccc(N)cc2S1(=O)=O. The topological polar surface area (TPSA) is 69.4 Å². The summed E-state index contributed by atoms with van der Waals surface area (Å²) in [7, 11) is -1.91. The van der Waals surface area contributed by atoms with E-state index in [4.69, 9.17) is 10.5 Å². The van der Waals surface area contributed by atoms with Gasteiger partial charge in [0.05, 0.1) is 16.4 Å². The van der Waals surface area contributed by atoms with E-state index in [1.54, 1.807) is 18.2 Å². The van der Waals surface area contributed by atoms with E-state index in [2.05, 4.69) is 0 Å². The molecule has 1 heterocycles. The molecular weight excluding hydrogens is 214 g/mol. The molecule has 1 aromatic carbocycles. The molecule has 0 amide bonds. The second-order valence-electron chi connectivity index (χ2n) is 3.34. The van der Waals surface area contributed by atoms with Crippen molar-refractivity contribution in [2.75, 3.05) is 19.5 Å². The van der Waals surface area contributed by atoms with Crippen molar-refractivity contribution in [2.24, 2.45) is 0 Å². The summed E-state index contributed by atoms with van der Waals surface area (Å²) in [5.41, 5.74) is 6.68. The van der Waals surface area contributed by atoms with E-state index >= 15 is 0 Å². The van der Waals surface area contributed by atoms with Gasteiger partial charge in [0.1, 0.15) is 0 Å². The van der Waals surface area contributed by atoms with Crippen molar-refractivity contribution in [3.05, 3.63) is 28.7 Å². The van der Waals surface area contributed by atoms with Crippen LogP contribution in [0.15, 0.2) is 28.0 Å². The van der Waals surface area contributed by atoms with Crippen molar-refractivity contribution in [2.45, 2.75) is 4.90 Å². The maximum atomic E-state index is 11.9. The van der Waals surface area contributed by atoms with Crippen LogP contribution in [0.4, 0.5) is 5.69 Å². The van der Waals surface area contributed by atoms with Gasteiger partial charge in [-0.1, -0.05) is 6.07 Å². The summed E-state index contributed by atoms with van der Waals surface area (Å²) in [6.45, 7) is 0.0942. The molecular formula is C10H11NO3S. The van der Waals surface area contributed by atoms with Crippen LogP contribution in [0.5, 0.6) is 0 Å². The second-order valence-corrected chi connectivity index (χ2v) is 5.32. The molecule has 0 saturated heterocycles. The number of benzene rings is 1. The van der Waals surface area contributed by atoms with Gasteiger partial charge in [-0.25, -0.2) is 8.42 Å². The van der Waals surface area contributed by atoms with Crippen molar-refractivity contribution < 1.29 is 13.2 Å². The first-order chi connectivity index (χ1) is 7.05. The number of anilines is 1. The number of sulfone groups is 1. The van der Waals surface area contributed by atoms with Crippen LogP contribution in [-0.2, 0) is 14.6 Å². The molecule has 1 aromatic rings. The van der Waals surface area contributed by atoms with E-state index in [1.165, 1.54) is 13.2 Å². The Morgan fingerprint density at radius 3 is 2.80 bits per heavy atom. The van der Waals surface area contributed by atoms with E-state index in [-0.39, 0.29) is 16.4 Å². The smallest absolute Gasteiger partial charge is 0.205 e. The Morgan fingerprint density at radius 1 is 1.40 bits per heavy atom. The number of ether oxygens (including phenoxy) is 1. The molecule has 0 unspecified atom stereocenters. The predicted octanol–water partition coefficient (Wildman–Crippen LogP) is 1.04. The number of fused-ring (bicyclic) bond motifs is 1. The monoisotopic (exact) mass is 225 g/mol. The fourth-order valence-electron chi connectivity index (χ4n) is 1.56. The largest absolute Gasteiger partial charge is 0.399 e. The second kappa shape index (κ2) is 3.36. The molecule has 1 aliphatic heterocycles. The van der Waals surface area contributed by atoms with Gasteiger partial charge in [0.15, 0.2) is 0 Å². The van der Waals surface area contributed by atoms with E-state index in [0.29, 0.717) is 11.3 Å². The Bertz CT molecular complexity index is 532. The zero-order valence-electron chi connectivity index (χ0n) is 8.23. The van der Waals surface area contributed by atoms with Crippen molar-refractivity contribution in [1.82, 2.24) is 0 Å². The van der Waals surface area contributed by atoms with Gasteiger partial charge >= 0.3 is 0 Å². The van der Waals surface area contributed by atoms with Crippen LogP contribution in [0, 0.1) is 0 Å². The molecule has 0 atom stereocenters. The number of nitrogens with two attached hydrogens (primary N) is 1. The third-order valence-electron chi connectivity index (χ3n) is 2.28. The summed E-state index contributed by atoms with van der Waals surface area (Å²) in [6, 6.07) is 4.86. The van der Waals surface area contributed by atoms with E-state index < -0.39 is 9.84 Å². The normalized spacial score (nSPS) is 17.3. The minimum atomic E-state index is -3.37. The summed E-state index contributed by atoms with van der Waals surface area (Å²) < 4.78 is 28.7. The standard InChI is InChI=1S/C10H11NO3S/c1-14-6-9-4-7-2-3-8(11)5-10(7)15(9,12)13/h2-5H,6,11H2,1H3. The number of nitrogen functional groups attached to an aromatic ring is 1. The van der Waals surface area contributed by atoms with Crippen LogP contribution in [-0.4, -0.2) is 22.1 Å². The molecule has 1 aliphatic rings. The molecule has 5 heteroatoms. The van der Waals surface area contributed by atoms with Crippen molar-refractivity contribution in [3.63, 3.8) is 0 Å². The quantitative estimate of drug-likeness (QED) is 0.763. The lowest BCUT2D eigenvalue weighted by atomic mass is 10.2. The Labute approximate surface area is 88.3 Å². The number of rotatable bonds is 2. The van der Waals surface area contributed by atoms with Gasteiger partial charge in [0.25, 0.3) is 0 Å². The first-order valence-electron chi connectivity index (χ1n) is 4.40. The molecule has 0 aliphatic carbocycles. The van der Waals surface area contributed by atoms with Gasteiger partial charge in [-0.3, -0.25) is 0 Å². The summed E-state index contributed by atoms with van der Waals surface area (Å²) in [5, 5.41) is 0. The number of hydrogen-bond acceptors (Lipinski definition) is 4. The molecule has 0 bridgehead atoms. The molecule has 0 saturated carbocycles. The van der Waals surface area contributed by atoms with Crippen LogP contribution in [0.25, 0.3) is 6.08 Å². The third kappa shape index (κ3) is 1.53. The first-order valence-corrected chi connectivity index (χ1v) is 5.88. The average molecular weight is 225 g/mol. The van der Waals surface area contributed by atoms with Crippen LogP contribution in [0.2, 0.25) is 0 Å². The highest BCUT2D eigenvalue weighted by Gasteiger charge is 2.29. The van der Waals surface area contributed by atoms with Gasteiger partial charge in [0, 0.05) is 12.8 Å². The minimum Gasteiger partial charge on any atom is -0.399 e. The summed E-state index contributed by atoms with van der Waals surface area (Å²) in [4.78, 5) is 0.556. The zero-order valence-corrected chi connectivity index (χ0v) is 9.04. The molecule has 0 spiro atoms. The van der Waals surface area contributed by atoms with Crippen molar-refractivity contribution in [3.8, 4) is 0 Å². The lowest BCUT2D eigenvalue weighted by molar-refractivity contribution is 0.231. The lowest BCUT2D eigenvalue weighted by Crippen LogP contribution is -2.05. The minimum absolute atomic E-state index is 0.0942. The fraction of sp³-hybridized carbons (Fsp3) is 0.200. The maximum absolute atomic E-state index is 11.9. The highest BCUT2D eigenvalue weighted by atomic mass is 32.2. The Balaban J connectivity index is 2.58. The number of methoxy groups -OCH3 is 1. The van der Waals surface area contributed by atoms with E-state index in [1.807, 2.05) is 0 Å². The van der Waals surface area contributed by atoms with Crippen LogP contribution in [0.3, 0.4) is 0 Å². The zero-order chi connectivity index (χ0) is 11.1. The van der Waals surface area contributed by atoms with Gasteiger partial charge in [-0.05, 0) is 23.8 Å². The van der Waals surface area contributed by atoms with E-state index in [0.717, 1.165) is 0 Å². The summed E-state index contributed by atoms with van der Waals surface area (Å²) >= 11 is 0. The van der Waals surface area contributed by atoms with Crippen LogP contribution < -0.4 is 5.73 Å². The van der Waals surface area contributed by atoms with Gasteiger partial charge in [-0.15, -0.1) is 0 Å². The predicted molar refractivity (Wildman–Crippen MR) is 57.9 cm³/mol. The van der Waals surface area contributed by atoms with E-state index in [9.17, 15) is 8.42 Å². The molecule has 2 N–H and O–H groups in total. The Morgan fingerprint density at radius 2 is 2.13 bits per heavy atom. The molecule has 4 nitrogen and oxygen atoms in total. The fourth-order valence-corrected chi connectivity index (χ4v) is 3.12. The lowest BCUT2D eigenvalue weighted by Gasteiger charge is -2.02. The highest BCUT2D eigenvalue weighted by molar-refractivity contribution is 7.95. The van der Waals surface area contributed by atoms with Crippen LogP contribution >= 0.6 is 0 Å². The summed E-state index contributed by atoms with van der Waals surface area (Å²) in [5.74, 6) is 0. The van der Waals surface area contributed by atoms with Gasteiger partial charge < -0.3 is 10.5 Å². The van der Waals surface area contributed by atoms with Gasteiger partial charge in [0.2, 0.25) is 9.84 Å². The molecule has 0 aromatic heterocycles. The Kier molecular flexibility index (Phi) is 2.28. The van der Waals surface area contributed by atoms with Crippen molar-refractivity contribution in [1.29, 1.82) is 0 Å².